The van der Waals surface area contributed by atoms with E-state index in [1.165, 1.54) is 0 Å². The van der Waals surface area contributed by atoms with Gasteiger partial charge in [0.1, 0.15) is 0 Å². The number of hydrogen-bond donors (Lipinski definition) is 1. The standard InChI is InChI=1S/C13H11BrClNOS/c14-10-1-4-12(5-2-10)18(17)8-9-7-11(16)3-6-13(9)15/h1-7H,8,16H2. The number of anilines is 1. The van der Waals surface area contributed by atoms with E-state index >= 15 is 0 Å². The number of nitrogen functional groups attached to an aromatic ring is 1. The second-order valence-corrected chi connectivity index (χ2v) is 6.57. The molecular formula is C13H11BrClNOS. The van der Waals surface area contributed by atoms with E-state index in [1.807, 2.05) is 24.3 Å². The molecule has 1 unspecified atom stereocenters. The molecule has 1 atom stereocenters. The molecule has 0 saturated heterocycles. The van der Waals surface area contributed by atoms with Crippen molar-refractivity contribution in [2.24, 2.45) is 0 Å². The van der Waals surface area contributed by atoms with Crippen LogP contribution in [-0.2, 0) is 16.6 Å². The van der Waals surface area contributed by atoms with Crippen LogP contribution in [0.4, 0.5) is 5.69 Å². The van der Waals surface area contributed by atoms with Gasteiger partial charge in [0, 0.05) is 20.1 Å². The van der Waals surface area contributed by atoms with Crippen molar-refractivity contribution in [1.82, 2.24) is 0 Å². The van der Waals surface area contributed by atoms with E-state index in [4.69, 9.17) is 17.3 Å². The highest BCUT2D eigenvalue weighted by molar-refractivity contribution is 9.10. The van der Waals surface area contributed by atoms with E-state index < -0.39 is 10.8 Å². The summed E-state index contributed by atoms with van der Waals surface area (Å²) in [6.07, 6.45) is 0. The highest BCUT2D eigenvalue weighted by atomic mass is 79.9. The summed E-state index contributed by atoms with van der Waals surface area (Å²) in [4.78, 5) is 0.775. The van der Waals surface area contributed by atoms with Gasteiger partial charge in [-0.05, 0) is 48.0 Å². The second kappa shape index (κ2) is 5.87. The van der Waals surface area contributed by atoms with Crippen molar-refractivity contribution in [3.05, 3.63) is 57.5 Å². The summed E-state index contributed by atoms with van der Waals surface area (Å²) in [7, 11) is -1.12. The van der Waals surface area contributed by atoms with E-state index in [-0.39, 0.29) is 0 Å². The Morgan fingerprint density at radius 1 is 1.17 bits per heavy atom. The third-order valence-corrected chi connectivity index (χ3v) is 4.70. The van der Waals surface area contributed by atoms with Crippen LogP contribution in [0.25, 0.3) is 0 Å². The van der Waals surface area contributed by atoms with Gasteiger partial charge in [0.15, 0.2) is 0 Å². The molecule has 2 N–H and O–H groups in total. The summed E-state index contributed by atoms with van der Waals surface area (Å²) in [6.45, 7) is 0. The maximum absolute atomic E-state index is 12.2. The molecule has 2 aromatic carbocycles. The van der Waals surface area contributed by atoms with Crippen molar-refractivity contribution < 1.29 is 4.21 Å². The molecule has 0 saturated carbocycles. The molecule has 0 fully saturated rings. The van der Waals surface area contributed by atoms with Gasteiger partial charge in [-0.25, -0.2) is 0 Å². The average Bonchev–Trinajstić information content (AvgIpc) is 2.34. The molecule has 94 valence electrons. The Bertz CT molecular complexity index is 586. The van der Waals surface area contributed by atoms with E-state index in [0.29, 0.717) is 16.5 Å². The zero-order valence-corrected chi connectivity index (χ0v) is 12.6. The quantitative estimate of drug-likeness (QED) is 0.855. The number of rotatable bonds is 3. The molecule has 2 nitrogen and oxygen atoms in total. The Labute approximate surface area is 122 Å². The van der Waals surface area contributed by atoms with Crippen LogP contribution in [0, 0.1) is 0 Å². The van der Waals surface area contributed by atoms with E-state index in [0.717, 1.165) is 14.9 Å². The van der Waals surface area contributed by atoms with Gasteiger partial charge in [-0.1, -0.05) is 27.5 Å². The topological polar surface area (TPSA) is 43.1 Å². The first kappa shape index (κ1) is 13.6. The van der Waals surface area contributed by atoms with Crippen molar-refractivity contribution in [3.8, 4) is 0 Å². The fourth-order valence-corrected chi connectivity index (χ4v) is 3.17. The van der Waals surface area contributed by atoms with Gasteiger partial charge in [0.25, 0.3) is 0 Å². The van der Waals surface area contributed by atoms with Crippen LogP contribution < -0.4 is 5.73 Å². The molecule has 0 bridgehead atoms. The Balaban J connectivity index is 2.21. The first-order chi connectivity index (χ1) is 8.56. The smallest absolute Gasteiger partial charge is 0.0574 e. The van der Waals surface area contributed by atoms with Crippen molar-refractivity contribution in [1.29, 1.82) is 0 Å². The molecule has 0 spiro atoms. The van der Waals surface area contributed by atoms with Gasteiger partial charge in [-0.2, -0.15) is 0 Å². The second-order valence-electron chi connectivity index (χ2n) is 3.79. The fourth-order valence-electron chi connectivity index (χ4n) is 1.52. The summed E-state index contributed by atoms with van der Waals surface area (Å²) < 4.78 is 13.1. The summed E-state index contributed by atoms with van der Waals surface area (Å²) >= 11 is 9.40. The summed E-state index contributed by atoms with van der Waals surface area (Å²) in [5.74, 6) is 0.367. The van der Waals surface area contributed by atoms with Gasteiger partial charge < -0.3 is 5.73 Å². The Morgan fingerprint density at radius 3 is 2.50 bits per heavy atom. The summed E-state index contributed by atoms with van der Waals surface area (Å²) in [5, 5.41) is 0.592. The monoisotopic (exact) mass is 343 g/mol. The maximum atomic E-state index is 12.2. The third-order valence-electron chi connectivity index (χ3n) is 2.43. The minimum atomic E-state index is -1.12. The van der Waals surface area contributed by atoms with Crippen molar-refractivity contribution in [2.75, 3.05) is 5.73 Å². The Kier molecular flexibility index (Phi) is 4.43. The van der Waals surface area contributed by atoms with Gasteiger partial charge in [0.2, 0.25) is 0 Å². The molecule has 0 radical (unpaired) electrons. The molecule has 2 aromatic rings. The van der Waals surface area contributed by atoms with Crippen molar-refractivity contribution in [2.45, 2.75) is 10.6 Å². The zero-order chi connectivity index (χ0) is 13.1. The molecule has 0 aromatic heterocycles. The first-order valence-electron chi connectivity index (χ1n) is 5.24. The summed E-state index contributed by atoms with van der Waals surface area (Å²) in [6, 6.07) is 12.6. The van der Waals surface area contributed by atoms with Crippen LogP contribution in [0.15, 0.2) is 51.8 Å². The van der Waals surface area contributed by atoms with Gasteiger partial charge in [-0.15, -0.1) is 0 Å². The Hall–Kier alpha value is -0.840. The van der Waals surface area contributed by atoms with Crippen molar-refractivity contribution >= 4 is 44.0 Å². The number of nitrogens with two attached hydrogens (primary N) is 1. The molecule has 5 heteroatoms. The molecule has 0 aliphatic rings. The van der Waals surface area contributed by atoms with Gasteiger partial charge in [-0.3, -0.25) is 4.21 Å². The minimum absolute atomic E-state index is 0.367. The SMILES string of the molecule is Nc1ccc(Cl)c(CS(=O)c2ccc(Br)cc2)c1. The van der Waals surface area contributed by atoms with Crippen LogP contribution in [0.5, 0.6) is 0 Å². The lowest BCUT2D eigenvalue weighted by atomic mass is 10.2. The van der Waals surface area contributed by atoms with E-state index in [2.05, 4.69) is 15.9 Å². The van der Waals surface area contributed by atoms with Crippen LogP contribution in [0.3, 0.4) is 0 Å². The first-order valence-corrected chi connectivity index (χ1v) is 7.73. The maximum Gasteiger partial charge on any atom is 0.0574 e. The van der Waals surface area contributed by atoms with Crippen molar-refractivity contribution in [3.63, 3.8) is 0 Å². The molecule has 2 rings (SSSR count). The molecule has 0 aliphatic carbocycles. The lowest BCUT2D eigenvalue weighted by molar-refractivity contribution is 0.682. The minimum Gasteiger partial charge on any atom is -0.399 e. The average molecular weight is 345 g/mol. The zero-order valence-electron chi connectivity index (χ0n) is 9.40. The molecule has 0 amide bonds. The largest absolute Gasteiger partial charge is 0.399 e. The van der Waals surface area contributed by atoms with Crippen LogP contribution in [-0.4, -0.2) is 4.21 Å². The highest BCUT2D eigenvalue weighted by Gasteiger charge is 2.08. The summed E-state index contributed by atoms with van der Waals surface area (Å²) in [5.41, 5.74) is 7.13. The molecular weight excluding hydrogens is 334 g/mol. The number of halogens is 2. The lowest BCUT2D eigenvalue weighted by Crippen LogP contribution is -1.98. The fraction of sp³-hybridized carbons (Fsp3) is 0.0769. The third kappa shape index (κ3) is 3.34. The van der Waals surface area contributed by atoms with E-state index in [9.17, 15) is 4.21 Å². The number of benzene rings is 2. The van der Waals surface area contributed by atoms with Crippen LogP contribution in [0.1, 0.15) is 5.56 Å². The molecule has 0 aliphatic heterocycles. The Morgan fingerprint density at radius 2 is 1.83 bits per heavy atom. The molecule has 0 heterocycles. The van der Waals surface area contributed by atoms with E-state index in [1.54, 1.807) is 18.2 Å². The van der Waals surface area contributed by atoms with Crippen LogP contribution >= 0.6 is 27.5 Å². The van der Waals surface area contributed by atoms with Gasteiger partial charge >= 0.3 is 0 Å². The van der Waals surface area contributed by atoms with Crippen LogP contribution in [0.2, 0.25) is 5.02 Å². The normalized spacial score (nSPS) is 12.3. The predicted molar refractivity (Wildman–Crippen MR) is 80.1 cm³/mol. The molecule has 18 heavy (non-hydrogen) atoms. The van der Waals surface area contributed by atoms with Gasteiger partial charge in [0.05, 0.1) is 16.6 Å². The highest BCUT2D eigenvalue weighted by Crippen LogP contribution is 2.23. The number of hydrogen-bond acceptors (Lipinski definition) is 2. The lowest BCUT2D eigenvalue weighted by Gasteiger charge is -2.06. The predicted octanol–water partition coefficient (Wildman–Crippen LogP) is 3.99.